The molecule has 0 bridgehead atoms. The number of aryl methyl sites for hydroxylation is 1. The number of methoxy groups -OCH3 is 2. The number of amides is 1. The topological polar surface area (TPSA) is 89.0 Å². The number of ketones is 1. The predicted octanol–water partition coefficient (Wildman–Crippen LogP) is 5.96. The zero-order chi connectivity index (χ0) is 27.5. The maximum Gasteiger partial charge on any atom is 0.290 e. The molecule has 1 atom stereocenters. The van der Waals surface area contributed by atoms with Crippen LogP contribution in [0.4, 0.5) is 0 Å². The van der Waals surface area contributed by atoms with Crippen molar-refractivity contribution in [1.29, 1.82) is 0 Å². The summed E-state index contributed by atoms with van der Waals surface area (Å²) in [7, 11) is 3.15. The van der Waals surface area contributed by atoms with Gasteiger partial charge >= 0.3 is 0 Å². The highest BCUT2D eigenvalue weighted by atomic mass is 32.1. The fraction of sp³-hybridized carbons (Fsp3) is 0.194. The molecule has 5 rings (SSSR count). The van der Waals surface area contributed by atoms with Gasteiger partial charge in [0.25, 0.3) is 5.91 Å². The second-order valence-electron chi connectivity index (χ2n) is 9.13. The number of ether oxygens (including phenoxy) is 2. The van der Waals surface area contributed by atoms with Crippen LogP contribution in [0.1, 0.15) is 32.5 Å². The van der Waals surface area contributed by atoms with E-state index in [1.807, 2.05) is 72.8 Å². The Morgan fingerprint density at radius 2 is 1.67 bits per heavy atom. The standard InChI is InChI=1S/C31H28N2O5S/c1-19-29(39-30(32-19)21-9-5-4-6-10-21)27(34)25-26(23-11-7-8-12-24(23)38-3)33(31(36)28(25)35)18-17-20-13-15-22(37-2)16-14-20/h4-16,26,35H,17-18H2,1-3H3. The van der Waals surface area contributed by atoms with Gasteiger partial charge in [0.15, 0.2) is 5.76 Å². The number of rotatable bonds is 9. The van der Waals surface area contributed by atoms with Gasteiger partial charge in [0.1, 0.15) is 16.5 Å². The minimum Gasteiger partial charge on any atom is -0.503 e. The van der Waals surface area contributed by atoms with Gasteiger partial charge in [-0.15, -0.1) is 11.3 Å². The number of para-hydroxylation sites is 1. The Hall–Kier alpha value is -4.43. The molecular formula is C31H28N2O5S. The van der Waals surface area contributed by atoms with E-state index in [0.717, 1.165) is 16.9 Å². The average Bonchev–Trinajstić information content (AvgIpc) is 3.49. The van der Waals surface area contributed by atoms with Gasteiger partial charge in [-0.1, -0.05) is 60.7 Å². The highest BCUT2D eigenvalue weighted by Gasteiger charge is 2.45. The lowest BCUT2D eigenvalue weighted by atomic mass is 9.94. The zero-order valence-electron chi connectivity index (χ0n) is 21.9. The average molecular weight is 541 g/mol. The predicted molar refractivity (Wildman–Crippen MR) is 150 cm³/mol. The number of aliphatic hydroxyl groups is 1. The van der Waals surface area contributed by atoms with Crippen LogP contribution in [-0.4, -0.2) is 47.4 Å². The lowest BCUT2D eigenvalue weighted by molar-refractivity contribution is -0.129. The summed E-state index contributed by atoms with van der Waals surface area (Å²) >= 11 is 1.25. The fourth-order valence-electron chi connectivity index (χ4n) is 4.81. The summed E-state index contributed by atoms with van der Waals surface area (Å²) in [5.41, 5.74) is 3.10. The Labute approximate surface area is 231 Å². The number of hydrogen-bond donors (Lipinski definition) is 1. The molecule has 198 valence electrons. The molecule has 1 aliphatic heterocycles. The minimum absolute atomic E-state index is 0.0330. The van der Waals surface area contributed by atoms with E-state index in [2.05, 4.69) is 4.98 Å². The van der Waals surface area contributed by atoms with Gasteiger partial charge in [-0.3, -0.25) is 9.59 Å². The lowest BCUT2D eigenvalue weighted by Crippen LogP contribution is -2.33. The molecule has 0 fully saturated rings. The first-order valence-electron chi connectivity index (χ1n) is 12.5. The molecule has 1 amide bonds. The van der Waals surface area contributed by atoms with Gasteiger partial charge in [0.05, 0.1) is 36.4 Å². The van der Waals surface area contributed by atoms with Crippen molar-refractivity contribution in [1.82, 2.24) is 9.88 Å². The van der Waals surface area contributed by atoms with Gasteiger partial charge in [0.2, 0.25) is 5.78 Å². The molecular weight excluding hydrogens is 512 g/mol. The monoisotopic (exact) mass is 540 g/mol. The van der Waals surface area contributed by atoms with E-state index in [0.29, 0.717) is 33.3 Å². The van der Waals surface area contributed by atoms with Crippen molar-refractivity contribution in [3.63, 3.8) is 0 Å². The Kier molecular flexibility index (Phi) is 7.47. The Bertz CT molecular complexity index is 1540. The summed E-state index contributed by atoms with van der Waals surface area (Å²) in [5, 5.41) is 11.8. The Balaban J connectivity index is 1.53. The molecule has 4 aromatic rings. The van der Waals surface area contributed by atoms with Crippen LogP contribution in [0.5, 0.6) is 11.5 Å². The smallest absolute Gasteiger partial charge is 0.290 e. The molecule has 1 unspecified atom stereocenters. The van der Waals surface area contributed by atoms with Gasteiger partial charge in [-0.25, -0.2) is 4.98 Å². The number of Topliss-reactive ketones (excluding diaryl/α,β-unsaturated/α-hetero) is 1. The molecule has 8 heteroatoms. The summed E-state index contributed by atoms with van der Waals surface area (Å²) in [6, 6.07) is 23.6. The lowest BCUT2D eigenvalue weighted by Gasteiger charge is -2.28. The molecule has 0 aliphatic carbocycles. The van der Waals surface area contributed by atoms with Crippen molar-refractivity contribution in [2.75, 3.05) is 20.8 Å². The van der Waals surface area contributed by atoms with Crippen LogP contribution < -0.4 is 9.47 Å². The first-order valence-corrected chi connectivity index (χ1v) is 13.3. The van der Waals surface area contributed by atoms with Crippen LogP contribution in [0, 0.1) is 6.92 Å². The van der Waals surface area contributed by atoms with Crippen molar-refractivity contribution in [3.05, 3.63) is 112 Å². The highest BCUT2D eigenvalue weighted by molar-refractivity contribution is 7.17. The number of hydrogen-bond acceptors (Lipinski definition) is 7. The number of aliphatic hydroxyl groups excluding tert-OH is 1. The molecule has 0 spiro atoms. The molecule has 39 heavy (non-hydrogen) atoms. The summed E-state index contributed by atoms with van der Waals surface area (Å²) in [4.78, 5) is 34.1. The highest BCUT2D eigenvalue weighted by Crippen LogP contribution is 2.43. The number of aromatic nitrogens is 1. The number of nitrogens with zero attached hydrogens (tertiary/aromatic N) is 2. The first-order chi connectivity index (χ1) is 18.9. The van der Waals surface area contributed by atoms with Crippen molar-refractivity contribution in [3.8, 4) is 22.1 Å². The fourth-order valence-corrected chi connectivity index (χ4v) is 5.83. The summed E-state index contributed by atoms with van der Waals surface area (Å²) < 4.78 is 10.8. The molecule has 1 aromatic heterocycles. The largest absolute Gasteiger partial charge is 0.503 e. The third-order valence-corrected chi connectivity index (χ3v) is 8.01. The SMILES string of the molecule is COc1ccc(CCN2C(=O)C(O)=C(C(=O)c3sc(-c4ccccc4)nc3C)C2c2ccccc2OC)cc1. The second kappa shape index (κ2) is 11.1. The van der Waals surface area contributed by atoms with Gasteiger partial charge in [0, 0.05) is 17.7 Å². The van der Waals surface area contributed by atoms with Crippen LogP contribution in [0.2, 0.25) is 0 Å². The maximum atomic E-state index is 14.1. The molecule has 0 radical (unpaired) electrons. The van der Waals surface area contributed by atoms with Crippen LogP contribution >= 0.6 is 11.3 Å². The molecule has 0 saturated carbocycles. The number of carbonyl (C=O) groups excluding carboxylic acids is 2. The van der Waals surface area contributed by atoms with Crippen molar-refractivity contribution >= 4 is 23.0 Å². The zero-order valence-corrected chi connectivity index (χ0v) is 22.7. The van der Waals surface area contributed by atoms with E-state index in [1.54, 1.807) is 32.1 Å². The molecule has 0 saturated heterocycles. The molecule has 7 nitrogen and oxygen atoms in total. The number of benzene rings is 3. The van der Waals surface area contributed by atoms with Gasteiger partial charge in [-0.05, 0) is 37.1 Å². The van der Waals surface area contributed by atoms with Crippen molar-refractivity contribution < 1.29 is 24.2 Å². The second-order valence-corrected chi connectivity index (χ2v) is 10.1. The van der Waals surface area contributed by atoms with E-state index < -0.39 is 23.5 Å². The summed E-state index contributed by atoms with van der Waals surface area (Å²) in [6.45, 7) is 2.05. The quantitative estimate of drug-likeness (QED) is 0.264. The Morgan fingerprint density at radius 1 is 0.974 bits per heavy atom. The van der Waals surface area contributed by atoms with Crippen LogP contribution in [0.15, 0.2) is 90.2 Å². The minimum atomic E-state index is -0.818. The van der Waals surface area contributed by atoms with Crippen LogP contribution in [-0.2, 0) is 11.2 Å². The van der Waals surface area contributed by atoms with E-state index in [4.69, 9.17) is 9.47 Å². The summed E-state index contributed by atoms with van der Waals surface area (Å²) in [5.74, 6) is -0.283. The normalized spacial score (nSPS) is 15.1. The third kappa shape index (κ3) is 5.03. The molecule has 1 aliphatic rings. The van der Waals surface area contributed by atoms with Crippen molar-refractivity contribution in [2.24, 2.45) is 0 Å². The van der Waals surface area contributed by atoms with Gasteiger partial charge in [-0.2, -0.15) is 0 Å². The number of thiazole rings is 1. The Morgan fingerprint density at radius 3 is 2.36 bits per heavy atom. The molecule has 2 heterocycles. The third-order valence-electron chi connectivity index (χ3n) is 6.81. The van der Waals surface area contributed by atoms with E-state index in [-0.39, 0.29) is 12.1 Å². The van der Waals surface area contributed by atoms with Crippen molar-refractivity contribution in [2.45, 2.75) is 19.4 Å². The summed E-state index contributed by atoms with van der Waals surface area (Å²) in [6.07, 6.45) is 0.522. The van der Waals surface area contributed by atoms with E-state index in [1.165, 1.54) is 11.3 Å². The molecule has 1 N–H and O–H groups in total. The van der Waals surface area contributed by atoms with E-state index in [9.17, 15) is 14.7 Å². The van der Waals surface area contributed by atoms with Gasteiger partial charge < -0.3 is 19.5 Å². The van der Waals surface area contributed by atoms with E-state index >= 15 is 0 Å². The first kappa shape index (κ1) is 26.2. The van der Waals surface area contributed by atoms with Crippen LogP contribution in [0.3, 0.4) is 0 Å². The van der Waals surface area contributed by atoms with Crippen LogP contribution in [0.25, 0.3) is 10.6 Å². The number of carbonyl (C=O) groups is 2. The molecule has 3 aromatic carbocycles. The maximum absolute atomic E-state index is 14.1.